The highest BCUT2D eigenvalue weighted by Crippen LogP contribution is 2.32. The second kappa shape index (κ2) is 14.1. The number of imidazole rings is 1. The predicted octanol–water partition coefficient (Wildman–Crippen LogP) is 4.54. The molecule has 0 saturated carbocycles. The van der Waals surface area contributed by atoms with E-state index in [1.807, 2.05) is 46.6 Å². The van der Waals surface area contributed by atoms with Crippen molar-refractivity contribution in [2.45, 2.75) is 20.4 Å². The van der Waals surface area contributed by atoms with E-state index in [0.29, 0.717) is 34.8 Å². The molecule has 0 bridgehead atoms. The van der Waals surface area contributed by atoms with Gasteiger partial charge >= 0.3 is 0 Å². The fraction of sp³-hybridized carbons (Fsp3) is 0.143. The number of rotatable bonds is 5. The molecule has 0 aliphatic rings. The SMILES string of the molecule is C=O.C=O.CC.CNCc1cc(F)cc(-c2cncc3[nH]c(-c4[nH]nc5ncc(-c6cncnc6)cc45)nc23)c1. The van der Waals surface area contributed by atoms with Crippen molar-refractivity contribution in [2.75, 3.05) is 7.05 Å². The molecule has 5 heterocycles. The van der Waals surface area contributed by atoms with Crippen molar-refractivity contribution in [3.63, 3.8) is 0 Å². The molecule has 204 valence electrons. The highest BCUT2D eigenvalue weighted by atomic mass is 19.1. The Morgan fingerprint density at radius 2 is 1.62 bits per heavy atom. The van der Waals surface area contributed by atoms with Gasteiger partial charge in [0.05, 0.1) is 22.6 Å². The lowest BCUT2D eigenvalue weighted by Crippen LogP contribution is -2.05. The van der Waals surface area contributed by atoms with Crippen molar-refractivity contribution in [1.82, 2.24) is 45.4 Å². The van der Waals surface area contributed by atoms with Crippen LogP contribution in [0.5, 0.6) is 0 Å². The molecule has 0 aliphatic carbocycles. The molecule has 0 spiro atoms. The molecule has 3 N–H and O–H groups in total. The molecule has 0 atom stereocenters. The number of halogens is 1. The largest absolute Gasteiger partial charge is 0.335 e. The molecule has 0 radical (unpaired) electrons. The van der Waals surface area contributed by atoms with E-state index in [0.717, 1.165) is 33.2 Å². The van der Waals surface area contributed by atoms with Gasteiger partial charge in [-0.1, -0.05) is 13.8 Å². The first kappa shape index (κ1) is 29.3. The number of hydrogen-bond acceptors (Lipinski definition) is 9. The summed E-state index contributed by atoms with van der Waals surface area (Å²) >= 11 is 0. The van der Waals surface area contributed by atoms with Gasteiger partial charge < -0.3 is 19.9 Å². The Hall–Kier alpha value is -5.23. The summed E-state index contributed by atoms with van der Waals surface area (Å²) in [5.41, 5.74) is 6.69. The van der Waals surface area contributed by atoms with Gasteiger partial charge in [-0.25, -0.2) is 24.3 Å². The van der Waals surface area contributed by atoms with Gasteiger partial charge in [-0.15, -0.1) is 0 Å². The summed E-state index contributed by atoms with van der Waals surface area (Å²) in [6.07, 6.45) is 10.1. The molecule has 0 fully saturated rings. The third kappa shape index (κ3) is 6.08. The number of carbonyl (C=O) groups is 2. The molecule has 12 heteroatoms. The average Bonchev–Trinajstić information content (AvgIpc) is 3.64. The summed E-state index contributed by atoms with van der Waals surface area (Å²) in [4.78, 5) is 41.1. The van der Waals surface area contributed by atoms with Crippen LogP contribution in [-0.2, 0) is 16.1 Å². The van der Waals surface area contributed by atoms with Gasteiger partial charge in [0, 0.05) is 48.0 Å². The van der Waals surface area contributed by atoms with Gasteiger partial charge in [0.15, 0.2) is 11.5 Å². The Balaban J connectivity index is 0.000000691. The highest BCUT2D eigenvalue weighted by molar-refractivity contribution is 5.96. The number of aromatic nitrogens is 8. The van der Waals surface area contributed by atoms with E-state index < -0.39 is 0 Å². The quantitative estimate of drug-likeness (QED) is 0.285. The fourth-order valence-electron chi connectivity index (χ4n) is 4.06. The standard InChI is InChI=1S/C24H18FN9.C2H6.2CH2O/c1-26-6-13-2-14(4-17(25)3-13)19-10-27-11-20-21(19)32-24(31-20)22-18-5-15(9-30-23(18)34-33-22)16-7-28-12-29-8-16;3*1-2/h2-5,7-12,26H,6H2,1H3,(H,31,32)(H,30,33,34);1-2H3;2*1H2. The lowest BCUT2D eigenvalue weighted by atomic mass is 10.0. The highest BCUT2D eigenvalue weighted by Gasteiger charge is 2.17. The van der Waals surface area contributed by atoms with Crippen LogP contribution in [-0.4, -0.2) is 60.7 Å². The molecule has 0 saturated heterocycles. The third-order valence-electron chi connectivity index (χ3n) is 5.58. The van der Waals surface area contributed by atoms with Crippen LogP contribution >= 0.6 is 0 Å². The van der Waals surface area contributed by atoms with Crippen LogP contribution in [0.4, 0.5) is 4.39 Å². The zero-order valence-electron chi connectivity index (χ0n) is 22.3. The first-order valence-electron chi connectivity index (χ1n) is 12.2. The van der Waals surface area contributed by atoms with Crippen molar-refractivity contribution < 1.29 is 14.0 Å². The van der Waals surface area contributed by atoms with Crippen molar-refractivity contribution in [3.05, 3.63) is 73.0 Å². The van der Waals surface area contributed by atoms with Gasteiger partial charge in [-0.3, -0.25) is 10.1 Å². The topological polar surface area (TPSA) is 155 Å². The third-order valence-corrected chi connectivity index (χ3v) is 5.58. The monoisotopic (exact) mass is 541 g/mol. The van der Waals surface area contributed by atoms with Crippen molar-refractivity contribution in [1.29, 1.82) is 0 Å². The van der Waals surface area contributed by atoms with Crippen LogP contribution < -0.4 is 5.32 Å². The molecular weight excluding hydrogens is 513 g/mol. The van der Waals surface area contributed by atoms with Gasteiger partial charge in [0.1, 0.15) is 31.4 Å². The van der Waals surface area contributed by atoms with E-state index in [-0.39, 0.29) is 5.82 Å². The lowest BCUT2D eigenvalue weighted by Gasteiger charge is -2.06. The maximum absolute atomic E-state index is 14.3. The average molecular weight is 542 g/mol. The second-order valence-electron chi connectivity index (χ2n) is 7.87. The summed E-state index contributed by atoms with van der Waals surface area (Å²) in [6.45, 7) is 8.56. The van der Waals surface area contributed by atoms with Crippen molar-refractivity contribution in [2.24, 2.45) is 0 Å². The second-order valence-corrected chi connectivity index (χ2v) is 7.87. The first-order valence-corrected chi connectivity index (χ1v) is 12.2. The number of nitrogens with zero attached hydrogens (tertiary/aromatic N) is 6. The van der Waals surface area contributed by atoms with Gasteiger partial charge in [0.25, 0.3) is 0 Å². The fourth-order valence-corrected chi connectivity index (χ4v) is 4.06. The molecule has 0 amide bonds. The Morgan fingerprint density at radius 1 is 0.875 bits per heavy atom. The van der Waals surface area contributed by atoms with E-state index in [1.165, 1.54) is 18.5 Å². The normalized spacial score (nSPS) is 10.1. The molecule has 1 aromatic carbocycles. The minimum atomic E-state index is -0.307. The van der Waals surface area contributed by atoms with Crippen LogP contribution in [0.3, 0.4) is 0 Å². The minimum absolute atomic E-state index is 0.307. The van der Waals surface area contributed by atoms with Crippen molar-refractivity contribution >= 4 is 35.6 Å². The summed E-state index contributed by atoms with van der Waals surface area (Å²) in [5, 5.41) is 11.2. The van der Waals surface area contributed by atoms with E-state index in [1.54, 1.807) is 31.0 Å². The summed E-state index contributed by atoms with van der Waals surface area (Å²) < 4.78 is 14.3. The Morgan fingerprint density at radius 3 is 2.35 bits per heavy atom. The number of hydrogen-bond donors (Lipinski definition) is 3. The zero-order chi connectivity index (χ0) is 29.1. The number of nitrogens with one attached hydrogen (secondary N) is 3. The van der Waals surface area contributed by atoms with E-state index >= 15 is 0 Å². The maximum Gasteiger partial charge on any atom is 0.181 e. The lowest BCUT2D eigenvalue weighted by molar-refractivity contribution is -0.0987. The first-order chi connectivity index (χ1) is 19.7. The van der Waals surface area contributed by atoms with Crippen molar-refractivity contribution in [3.8, 4) is 33.8 Å². The Bertz CT molecular complexity index is 1680. The molecule has 6 rings (SSSR count). The zero-order valence-corrected chi connectivity index (χ0v) is 22.3. The molecule has 0 unspecified atom stereocenters. The van der Waals surface area contributed by atoms with Crippen LogP contribution in [0.15, 0.2) is 61.6 Å². The Kier molecular flexibility index (Phi) is 10.3. The van der Waals surface area contributed by atoms with Crippen LogP contribution in [0.25, 0.3) is 55.8 Å². The number of pyridine rings is 2. The van der Waals surface area contributed by atoms with Crippen LogP contribution in [0, 0.1) is 5.82 Å². The summed E-state index contributed by atoms with van der Waals surface area (Å²) in [6, 6.07) is 6.92. The predicted molar refractivity (Wildman–Crippen MR) is 152 cm³/mol. The van der Waals surface area contributed by atoms with E-state index in [4.69, 9.17) is 14.6 Å². The Labute approximate surface area is 229 Å². The number of fused-ring (bicyclic) bond motifs is 2. The molecule has 11 nitrogen and oxygen atoms in total. The summed E-state index contributed by atoms with van der Waals surface area (Å²) in [5.74, 6) is 0.278. The number of carbonyl (C=O) groups excluding carboxylic acids is 2. The molecule has 5 aromatic heterocycles. The maximum atomic E-state index is 14.3. The number of benzene rings is 1. The number of aromatic amines is 2. The molecule has 40 heavy (non-hydrogen) atoms. The van der Waals surface area contributed by atoms with Gasteiger partial charge in [-0.05, 0) is 42.4 Å². The smallest absolute Gasteiger partial charge is 0.181 e. The van der Waals surface area contributed by atoms with Crippen LogP contribution in [0.1, 0.15) is 19.4 Å². The molecule has 0 aliphatic heterocycles. The number of H-pyrrole nitrogens is 2. The van der Waals surface area contributed by atoms with Crippen LogP contribution in [0.2, 0.25) is 0 Å². The summed E-state index contributed by atoms with van der Waals surface area (Å²) in [7, 11) is 1.83. The van der Waals surface area contributed by atoms with E-state index in [9.17, 15) is 4.39 Å². The minimum Gasteiger partial charge on any atom is -0.335 e. The van der Waals surface area contributed by atoms with Gasteiger partial charge in [-0.2, -0.15) is 5.10 Å². The molecule has 6 aromatic rings. The molecular formula is C28H28FN9O2. The van der Waals surface area contributed by atoms with E-state index in [2.05, 4.69) is 40.4 Å². The van der Waals surface area contributed by atoms with Gasteiger partial charge in [0.2, 0.25) is 0 Å².